The van der Waals surface area contributed by atoms with Gasteiger partial charge in [-0.2, -0.15) is 0 Å². The molecule has 1 unspecified atom stereocenters. The van der Waals surface area contributed by atoms with Crippen LogP contribution in [0.2, 0.25) is 5.02 Å². The van der Waals surface area contributed by atoms with Crippen molar-refractivity contribution in [3.05, 3.63) is 55.4 Å². The highest BCUT2D eigenvalue weighted by Crippen LogP contribution is 2.28. The van der Waals surface area contributed by atoms with Crippen LogP contribution in [-0.4, -0.2) is 5.11 Å². The molecule has 1 N–H and O–H groups in total. The molecule has 5 heteroatoms. The third-order valence-electron chi connectivity index (χ3n) is 2.33. The summed E-state index contributed by atoms with van der Waals surface area (Å²) < 4.78 is 14.2. The van der Waals surface area contributed by atoms with E-state index in [2.05, 4.69) is 15.9 Å². The minimum atomic E-state index is -0.619. The van der Waals surface area contributed by atoms with Gasteiger partial charge in [-0.15, -0.1) is 11.3 Å². The van der Waals surface area contributed by atoms with Gasteiger partial charge in [0.2, 0.25) is 0 Å². The molecule has 1 atom stereocenters. The van der Waals surface area contributed by atoms with Gasteiger partial charge in [-0.3, -0.25) is 0 Å². The molecule has 1 aromatic heterocycles. The van der Waals surface area contributed by atoms with Crippen LogP contribution in [0, 0.1) is 5.82 Å². The monoisotopic (exact) mass is 334 g/mol. The zero-order valence-electron chi connectivity index (χ0n) is 8.66. The first kappa shape index (κ1) is 13.0. The van der Waals surface area contributed by atoms with Gasteiger partial charge in [-0.1, -0.05) is 17.7 Å². The van der Waals surface area contributed by atoms with Crippen LogP contribution in [0.15, 0.2) is 34.1 Å². The summed E-state index contributed by atoms with van der Waals surface area (Å²) in [6.45, 7) is 0. The average molecular weight is 336 g/mol. The van der Waals surface area contributed by atoms with Gasteiger partial charge >= 0.3 is 0 Å². The van der Waals surface area contributed by atoms with Gasteiger partial charge in [-0.05, 0) is 39.7 Å². The van der Waals surface area contributed by atoms with E-state index in [-0.39, 0.29) is 5.02 Å². The van der Waals surface area contributed by atoms with Crippen LogP contribution >= 0.6 is 38.9 Å². The van der Waals surface area contributed by atoms with Crippen LogP contribution in [0.5, 0.6) is 0 Å². The normalized spacial score (nSPS) is 12.7. The van der Waals surface area contributed by atoms with E-state index in [1.54, 1.807) is 6.07 Å². The first-order chi connectivity index (χ1) is 8.06. The highest BCUT2D eigenvalue weighted by atomic mass is 79.9. The molecule has 1 nitrogen and oxygen atoms in total. The van der Waals surface area contributed by atoms with E-state index >= 15 is 0 Å². The first-order valence-electron chi connectivity index (χ1n) is 4.92. The summed E-state index contributed by atoms with van der Waals surface area (Å²) in [7, 11) is 0. The topological polar surface area (TPSA) is 20.2 Å². The number of aliphatic hydroxyl groups is 1. The summed E-state index contributed by atoms with van der Waals surface area (Å²) in [5.74, 6) is -0.455. The summed E-state index contributed by atoms with van der Waals surface area (Å²) in [5, 5.41) is 12.0. The zero-order valence-corrected chi connectivity index (χ0v) is 11.8. The molecule has 0 aliphatic rings. The van der Waals surface area contributed by atoms with E-state index < -0.39 is 11.9 Å². The summed E-state index contributed by atoms with van der Waals surface area (Å²) >= 11 is 10.4. The maximum Gasteiger partial charge on any atom is 0.142 e. The number of hydrogen-bond acceptors (Lipinski definition) is 2. The molecule has 1 heterocycles. The average Bonchev–Trinajstić information content (AvgIpc) is 2.70. The van der Waals surface area contributed by atoms with Crippen LogP contribution in [0.4, 0.5) is 4.39 Å². The van der Waals surface area contributed by atoms with Crippen molar-refractivity contribution < 1.29 is 9.50 Å². The number of benzene rings is 1. The second-order valence-electron chi connectivity index (χ2n) is 3.64. The minimum Gasteiger partial charge on any atom is -0.387 e. The second-order valence-corrected chi connectivity index (χ2v) is 5.90. The fraction of sp³-hybridized carbons (Fsp3) is 0.167. The van der Waals surface area contributed by atoms with Crippen molar-refractivity contribution in [1.82, 2.24) is 0 Å². The van der Waals surface area contributed by atoms with Crippen LogP contribution < -0.4 is 0 Å². The predicted molar refractivity (Wildman–Crippen MR) is 72.1 cm³/mol. The number of halogens is 3. The number of rotatable bonds is 3. The fourth-order valence-electron chi connectivity index (χ4n) is 1.49. The van der Waals surface area contributed by atoms with Gasteiger partial charge < -0.3 is 5.11 Å². The van der Waals surface area contributed by atoms with Crippen LogP contribution in [-0.2, 0) is 6.42 Å². The molecule has 2 aromatic rings. The summed E-state index contributed by atoms with van der Waals surface area (Å²) in [6, 6.07) is 6.44. The Kier molecular flexibility index (Phi) is 4.20. The van der Waals surface area contributed by atoms with E-state index in [0.717, 1.165) is 14.9 Å². The van der Waals surface area contributed by atoms with Gasteiger partial charge in [0.1, 0.15) is 5.82 Å². The van der Waals surface area contributed by atoms with E-state index in [1.165, 1.54) is 23.5 Å². The molecule has 1 aromatic carbocycles. The van der Waals surface area contributed by atoms with Crippen LogP contribution in [0.1, 0.15) is 16.5 Å². The van der Waals surface area contributed by atoms with Crippen molar-refractivity contribution in [3.8, 4) is 0 Å². The van der Waals surface area contributed by atoms with Crippen molar-refractivity contribution in [2.75, 3.05) is 0 Å². The Balaban J connectivity index is 2.12. The molecule has 90 valence electrons. The Morgan fingerprint density at radius 1 is 1.41 bits per heavy atom. The third kappa shape index (κ3) is 3.28. The van der Waals surface area contributed by atoms with Crippen molar-refractivity contribution in [1.29, 1.82) is 0 Å². The zero-order chi connectivity index (χ0) is 12.4. The quantitative estimate of drug-likeness (QED) is 0.870. The van der Waals surface area contributed by atoms with E-state index in [0.29, 0.717) is 6.42 Å². The van der Waals surface area contributed by atoms with Crippen molar-refractivity contribution in [3.63, 3.8) is 0 Å². The molecular weight excluding hydrogens is 327 g/mol. The molecule has 0 spiro atoms. The number of hydrogen-bond donors (Lipinski definition) is 1. The second kappa shape index (κ2) is 5.48. The van der Waals surface area contributed by atoms with E-state index in [1.807, 2.05) is 11.4 Å². The van der Waals surface area contributed by atoms with E-state index in [9.17, 15) is 9.50 Å². The van der Waals surface area contributed by atoms with Crippen molar-refractivity contribution in [2.45, 2.75) is 12.5 Å². The molecule has 0 saturated heterocycles. The minimum absolute atomic E-state index is 0.0992. The Hall–Kier alpha value is -0.420. The molecule has 0 aliphatic heterocycles. The standard InChI is InChI=1S/C12H9BrClFOS/c13-8-5-12(17-6-8)11(16)4-7-1-2-9(14)10(15)3-7/h1-3,5-6,11,16H,4H2. The van der Waals surface area contributed by atoms with Gasteiger partial charge in [0, 0.05) is 21.2 Å². The van der Waals surface area contributed by atoms with Gasteiger partial charge in [0.25, 0.3) is 0 Å². The SMILES string of the molecule is OC(Cc1ccc(Cl)c(F)c1)c1cc(Br)cs1. The van der Waals surface area contributed by atoms with Gasteiger partial charge in [0.05, 0.1) is 11.1 Å². The Labute approximate surface area is 116 Å². The van der Waals surface area contributed by atoms with Crippen LogP contribution in [0.25, 0.3) is 0 Å². The van der Waals surface area contributed by atoms with Crippen LogP contribution in [0.3, 0.4) is 0 Å². The van der Waals surface area contributed by atoms with E-state index in [4.69, 9.17) is 11.6 Å². The first-order valence-corrected chi connectivity index (χ1v) is 6.97. The molecule has 0 saturated carbocycles. The lowest BCUT2D eigenvalue weighted by Gasteiger charge is -2.08. The number of aliphatic hydroxyl groups excluding tert-OH is 1. The smallest absolute Gasteiger partial charge is 0.142 e. The molecule has 0 aliphatic carbocycles. The third-order valence-corrected chi connectivity index (χ3v) is 4.43. The number of thiophene rings is 1. The largest absolute Gasteiger partial charge is 0.387 e. The highest BCUT2D eigenvalue weighted by Gasteiger charge is 2.12. The maximum absolute atomic E-state index is 13.2. The van der Waals surface area contributed by atoms with Crippen molar-refractivity contribution >= 4 is 38.9 Å². The Morgan fingerprint density at radius 2 is 2.18 bits per heavy atom. The molecule has 2 rings (SSSR count). The lowest BCUT2D eigenvalue weighted by Crippen LogP contribution is -2.00. The van der Waals surface area contributed by atoms with Crippen molar-refractivity contribution in [2.24, 2.45) is 0 Å². The maximum atomic E-state index is 13.2. The summed E-state index contributed by atoms with van der Waals surface area (Å²) in [6.07, 6.45) is -0.243. The predicted octanol–water partition coefficient (Wildman–Crippen LogP) is 4.58. The highest BCUT2D eigenvalue weighted by molar-refractivity contribution is 9.10. The lowest BCUT2D eigenvalue weighted by atomic mass is 10.1. The fourth-order valence-corrected chi connectivity index (χ4v) is 3.04. The Morgan fingerprint density at radius 3 is 2.76 bits per heavy atom. The molecule has 17 heavy (non-hydrogen) atoms. The summed E-state index contributed by atoms with van der Waals surface area (Å²) in [5.41, 5.74) is 0.726. The van der Waals surface area contributed by atoms with Gasteiger partial charge in [0.15, 0.2) is 0 Å². The molecule has 0 fully saturated rings. The lowest BCUT2D eigenvalue weighted by molar-refractivity contribution is 0.182. The molecular formula is C12H9BrClFOS. The van der Waals surface area contributed by atoms with Gasteiger partial charge in [-0.25, -0.2) is 4.39 Å². The Bertz CT molecular complexity index is 529. The molecule has 0 amide bonds. The molecule has 0 bridgehead atoms. The summed E-state index contributed by atoms with van der Waals surface area (Å²) in [4.78, 5) is 0.854. The molecule has 0 radical (unpaired) electrons.